The molecule has 0 radical (unpaired) electrons. The maximum atomic E-state index is 12.9. The zero-order valence-corrected chi connectivity index (χ0v) is 17.3. The third kappa shape index (κ3) is 4.09. The highest BCUT2D eigenvalue weighted by Crippen LogP contribution is 2.28. The Morgan fingerprint density at radius 1 is 0.875 bits per heavy atom. The molecule has 1 unspecified atom stereocenters. The topological polar surface area (TPSA) is 111 Å². The Morgan fingerprint density at radius 2 is 1.59 bits per heavy atom. The van der Waals surface area contributed by atoms with Crippen LogP contribution < -0.4 is 32.0 Å². The molecule has 7 heteroatoms. The van der Waals surface area contributed by atoms with Gasteiger partial charge in [0.25, 0.3) is 16.8 Å². The maximum Gasteiger partial charge on any atom is 0.253 e. The number of benzene rings is 3. The van der Waals surface area contributed by atoms with E-state index in [1.807, 2.05) is 36.4 Å². The number of amides is 1. The zero-order chi connectivity index (χ0) is 22.7. The van der Waals surface area contributed by atoms with Gasteiger partial charge in [0.15, 0.2) is 0 Å². The molecule has 0 aromatic heterocycles. The molecule has 0 saturated carbocycles. The summed E-state index contributed by atoms with van der Waals surface area (Å²) in [4.78, 5) is 36.1. The highest BCUT2D eigenvalue weighted by molar-refractivity contribution is 5.94. The molecule has 32 heavy (non-hydrogen) atoms. The normalized spacial score (nSPS) is 11.7. The van der Waals surface area contributed by atoms with Crippen molar-refractivity contribution in [3.63, 3.8) is 0 Å². The maximum absolute atomic E-state index is 12.9. The average molecular weight is 427 g/mol. The smallest absolute Gasteiger partial charge is 0.253 e. The monoisotopic (exact) mass is 427 g/mol. The van der Waals surface area contributed by atoms with Gasteiger partial charge in [-0.05, 0) is 47.5 Å². The van der Waals surface area contributed by atoms with Crippen molar-refractivity contribution >= 4 is 23.0 Å². The lowest BCUT2D eigenvalue weighted by Gasteiger charge is -2.21. The lowest BCUT2D eigenvalue weighted by molar-refractivity contribution is 0.0943. The van der Waals surface area contributed by atoms with Gasteiger partial charge in [-0.3, -0.25) is 14.4 Å². The molecule has 4 aromatic carbocycles. The Hall–Kier alpha value is -4.39. The zero-order valence-electron chi connectivity index (χ0n) is 17.3. The molecule has 7 nitrogen and oxygen atoms in total. The summed E-state index contributed by atoms with van der Waals surface area (Å²) in [6, 6.07) is 23.1. The van der Waals surface area contributed by atoms with Crippen LogP contribution >= 0.6 is 0 Å². The number of rotatable bonds is 7. The van der Waals surface area contributed by atoms with Crippen molar-refractivity contribution in [1.82, 2.24) is 5.32 Å². The quantitative estimate of drug-likeness (QED) is 0.391. The van der Waals surface area contributed by atoms with Crippen molar-refractivity contribution in [2.24, 2.45) is 0 Å². The molecule has 0 spiro atoms. The molecule has 4 rings (SSSR count). The third-order valence-electron chi connectivity index (χ3n) is 5.20. The van der Waals surface area contributed by atoms with Gasteiger partial charge in [-0.2, -0.15) is 0 Å². The van der Waals surface area contributed by atoms with Gasteiger partial charge in [-0.1, -0.05) is 42.5 Å². The van der Waals surface area contributed by atoms with E-state index in [1.54, 1.807) is 49.6 Å². The first-order chi connectivity index (χ1) is 15.5. The first kappa shape index (κ1) is 20.9. The first-order valence-corrected chi connectivity index (χ1v) is 9.93. The van der Waals surface area contributed by atoms with Crippen LogP contribution in [0.5, 0.6) is 5.75 Å². The van der Waals surface area contributed by atoms with E-state index in [4.69, 9.17) is 10.5 Å². The number of carbonyl (C=O) groups is 1. The number of ether oxygens (including phenoxy) is 1. The number of nitrogens with two attached hydrogens (primary N) is 1. The standard InChI is InChI=1S/C25H21N3O4/c1-32-19-12-10-15(11-13-19)21(28-25(31)16-6-3-2-4-7-16)17-8-5-9-18(14-17)27-22-20(26)23(29)24(22)30/h2-14,21,27H,26H2,1H3,(H,28,31). The third-order valence-corrected chi connectivity index (χ3v) is 5.20. The molecular weight excluding hydrogens is 406 g/mol. The SMILES string of the molecule is COc1ccc(C(NC(=O)c2ccccc2)c2cccc(Nc3c(N)c(=O)c3=O)c2)cc1. The summed E-state index contributed by atoms with van der Waals surface area (Å²) in [7, 11) is 1.59. The fourth-order valence-electron chi connectivity index (χ4n) is 3.43. The van der Waals surface area contributed by atoms with Gasteiger partial charge >= 0.3 is 0 Å². The summed E-state index contributed by atoms with van der Waals surface area (Å²) in [5.74, 6) is 0.476. The van der Waals surface area contributed by atoms with Crippen molar-refractivity contribution in [2.75, 3.05) is 18.2 Å². The minimum atomic E-state index is -0.685. The second-order valence-electron chi connectivity index (χ2n) is 7.24. The molecule has 0 aliphatic carbocycles. The Kier molecular flexibility index (Phi) is 5.72. The number of carbonyl (C=O) groups excluding carboxylic acids is 1. The highest BCUT2D eigenvalue weighted by atomic mass is 16.5. The molecule has 1 amide bonds. The predicted molar refractivity (Wildman–Crippen MR) is 124 cm³/mol. The van der Waals surface area contributed by atoms with Crippen LogP contribution in [0.25, 0.3) is 0 Å². The summed E-state index contributed by atoms with van der Waals surface area (Å²) >= 11 is 0. The molecule has 160 valence electrons. The van der Waals surface area contributed by atoms with Crippen molar-refractivity contribution in [3.8, 4) is 5.75 Å². The van der Waals surface area contributed by atoms with E-state index < -0.39 is 16.9 Å². The minimum Gasteiger partial charge on any atom is -0.497 e. The van der Waals surface area contributed by atoms with Crippen LogP contribution in [-0.4, -0.2) is 13.0 Å². The molecule has 0 saturated heterocycles. The van der Waals surface area contributed by atoms with Gasteiger partial charge < -0.3 is 21.1 Å². The van der Waals surface area contributed by atoms with Crippen molar-refractivity contribution in [3.05, 3.63) is 116 Å². The molecule has 4 aromatic rings. The van der Waals surface area contributed by atoms with Crippen LogP contribution in [0.3, 0.4) is 0 Å². The fraction of sp³-hybridized carbons (Fsp3) is 0.0800. The van der Waals surface area contributed by atoms with Gasteiger partial charge in [-0.25, -0.2) is 0 Å². The number of hydrogen-bond acceptors (Lipinski definition) is 6. The minimum absolute atomic E-state index is 0.0792. The Morgan fingerprint density at radius 3 is 2.25 bits per heavy atom. The molecule has 0 aliphatic heterocycles. The second-order valence-corrected chi connectivity index (χ2v) is 7.24. The lowest BCUT2D eigenvalue weighted by Crippen LogP contribution is -2.36. The lowest BCUT2D eigenvalue weighted by atomic mass is 9.97. The van der Waals surface area contributed by atoms with Gasteiger partial charge in [0.2, 0.25) is 0 Å². The Balaban J connectivity index is 1.68. The molecule has 1 atom stereocenters. The molecule has 4 N–H and O–H groups in total. The predicted octanol–water partition coefficient (Wildman–Crippen LogP) is 3.14. The van der Waals surface area contributed by atoms with Crippen LogP contribution in [-0.2, 0) is 0 Å². The van der Waals surface area contributed by atoms with E-state index >= 15 is 0 Å². The summed E-state index contributed by atoms with van der Waals surface area (Å²) in [6.07, 6.45) is 0. The molecule has 0 fully saturated rings. The fourth-order valence-corrected chi connectivity index (χ4v) is 3.43. The molecule has 0 heterocycles. The van der Waals surface area contributed by atoms with Crippen molar-refractivity contribution in [1.29, 1.82) is 0 Å². The van der Waals surface area contributed by atoms with E-state index in [1.165, 1.54) is 0 Å². The van der Waals surface area contributed by atoms with Gasteiger partial charge in [0.1, 0.15) is 17.1 Å². The van der Waals surface area contributed by atoms with E-state index in [0.29, 0.717) is 17.0 Å². The number of nitrogen functional groups attached to an aromatic ring is 1. The van der Waals surface area contributed by atoms with Crippen LogP contribution in [0.2, 0.25) is 0 Å². The van der Waals surface area contributed by atoms with Crippen molar-refractivity contribution in [2.45, 2.75) is 6.04 Å². The first-order valence-electron chi connectivity index (χ1n) is 9.93. The summed E-state index contributed by atoms with van der Waals surface area (Å²) in [5.41, 5.74) is 7.05. The van der Waals surface area contributed by atoms with E-state index in [0.717, 1.165) is 11.1 Å². The summed E-state index contributed by atoms with van der Waals surface area (Å²) in [6.45, 7) is 0. The number of hydrogen-bond donors (Lipinski definition) is 3. The highest BCUT2D eigenvalue weighted by Gasteiger charge is 2.21. The van der Waals surface area contributed by atoms with Crippen LogP contribution in [0.1, 0.15) is 27.5 Å². The Labute approximate surface area is 184 Å². The Bertz CT molecular complexity index is 1320. The number of methoxy groups -OCH3 is 1. The molecule has 0 bridgehead atoms. The van der Waals surface area contributed by atoms with E-state index in [2.05, 4.69) is 10.6 Å². The number of anilines is 3. The largest absolute Gasteiger partial charge is 0.497 e. The summed E-state index contributed by atoms with van der Waals surface area (Å²) < 4.78 is 5.24. The summed E-state index contributed by atoms with van der Waals surface area (Å²) in [5, 5.41) is 5.98. The molecule has 0 aliphatic rings. The van der Waals surface area contributed by atoms with Gasteiger partial charge in [0.05, 0.1) is 13.2 Å². The second kappa shape index (κ2) is 8.77. The molecular formula is C25H21N3O4. The van der Waals surface area contributed by atoms with Crippen LogP contribution in [0.15, 0.2) is 88.5 Å². The van der Waals surface area contributed by atoms with Gasteiger partial charge in [-0.15, -0.1) is 0 Å². The van der Waals surface area contributed by atoms with Crippen LogP contribution in [0, 0.1) is 0 Å². The van der Waals surface area contributed by atoms with Crippen LogP contribution in [0.4, 0.5) is 17.1 Å². The van der Waals surface area contributed by atoms with Gasteiger partial charge in [0, 0.05) is 11.3 Å². The van der Waals surface area contributed by atoms with E-state index in [9.17, 15) is 14.4 Å². The number of nitrogens with one attached hydrogen (secondary N) is 2. The van der Waals surface area contributed by atoms with E-state index in [-0.39, 0.29) is 17.3 Å². The average Bonchev–Trinajstić information content (AvgIpc) is 2.85. The van der Waals surface area contributed by atoms with Crippen molar-refractivity contribution < 1.29 is 9.53 Å².